The first-order valence-corrected chi connectivity index (χ1v) is 7.95. The van der Waals surface area contributed by atoms with Crippen LogP contribution in [0.2, 0.25) is 0 Å². The molecule has 0 aliphatic carbocycles. The van der Waals surface area contributed by atoms with Crippen molar-refractivity contribution in [3.05, 3.63) is 72.8 Å². The molecule has 0 atom stereocenters. The van der Waals surface area contributed by atoms with Gasteiger partial charge in [0.2, 0.25) is 10.0 Å². The van der Waals surface area contributed by atoms with Crippen molar-refractivity contribution in [3.63, 3.8) is 0 Å². The molecule has 0 aromatic heterocycles. The maximum atomic E-state index is 11.1. The molecule has 0 spiro atoms. The first kappa shape index (κ1) is 17.6. The molecule has 2 aromatic rings. The number of hydrogen-bond donors (Lipinski definition) is 2. The van der Waals surface area contributed by atoms with Crippen molar-refractivity contribution >= 4 is 21.6 Å². The number of nitrogens with one attached hydrogen (secondary N) is 1. The van der Waals surface area contributed by atoms with Gasteiger partial charge in [0.1, 0.15) is 0 Å². The van der Waals surface area contributed by atoms with E-state index in [0.29, 0.717) is 5.57 Å². The first-order chi connectivity index (χ1) is 10.3. The molecule has 3 N–H and O–H groups in total. The Morgan fingerprint density at radius 1 is 1.00 bits per heavy atom. The highest BCUT2D eigenvalue weighted by molar-refractivity contribution is 7.89. The second-order valence-corrected chi connectivity index (χ2v) is 6.02. The van der Waals surface area contributed by atoms with E-state index in [4.69, 9.17) is 5.14 Å². The fourth-order valence-electron chi connectivity index (χ4n) is 1.37. The van der Waals surface area contributed by atoms with Crippen LogP contribution in [0.1, 0.15) is 6.92 Å². The zero-order valence-electron chi connectivity index (χ0n) is 12.2. The molecule has 0 fully saturated rings. The molecule has 2 aromatic carbocycles. The van der Waals surface area contributed by atoms with E-state index in [1.165, 1.54) is 12.1 Å². The van der Waals surface area contributed by atoms with Gasteiger partial charge in [0.05, 0.1) is 4.90 Å². The minimum Gasteiger partial charge on any atom is -0.322 e. The summed E-state index contributed by atoms with van der Waals surface area (Å²) in [5.74, 6) is -0.138. The predicted molar refractivity (Wildman–Crippen MR) is 87.7 cm³/mol. The van der Waals surface area contributed by atoms with Crippen molar-refractivity contribution in [2.24, 2.45) is 5.14 Å². The summed E-state index contributed by atoms with van der Waals surface area (Å²) in [6.07, 6.45) is 0. The quantitative estimate of drug-likeness (QED) is 0.852. The summed E-state index contributed by atoms with van der Waals surface area (Å²) < 4.78 is 21.2. The lowest BCUT2D eigenvalue weighted by Crippen LogP contribution is -2.11. The molecule has 0 saturated carbocycles. The highest BCUT2D eigenvalue weighted by Crippen LogP contribution is 2.06. The number of para-hydroxylation sites is 1. The Bertz CT molecular complexity index is 727. The molecule has 1 amide bonds. The average Bonchev–Trinajstić information content (AvgIpc) is 2.49. The predicted octanol–water partition coefficient (Wildman–Crippen LogP) is 2.54. The molecular weight excluding hydrogens is 300 g/mol. The van der Waals surface area contributed by atoms with E-state index in [0.717, 1.165) is 5.69 Å². The number of sulfonamides is 1. The van der Waals surface area contributed by atoms with Crippen molar-refractivity contribution in [2.45, 2.75) is 11.8 Å². The molecule has 0 aliphatic heterocycles. The third-order valence-electron chi connectivity index (χ3n) is 2.49. The maximum Gasteiger partial charge on any atom is 0.250 e. The van der Waals surface area contributed by atoms with Gasteiger partial charge in [-0.25, -0.2) is 13.6 Å². The van der Waals surface area contributed by atoms with Crippen molar-refractivity contribution in [3.8, 4) is 0 Å². The van der Waals surface area contributed by atoms with Crippen molar-refractivity contribution in [2.75, 3.05) is 5.32 Å². The Morgan fingerprint density at radius 2 is 1.45 bits per heavy atom. The van der Waals surface area contributed by atoms with Crippen LogP contribution in [0, 0.1) is 0 Å². The molecule has 0 unspecified atom stereocenters. The van der Waals surface area contributed by atoms with Crippen LogP contribution in [-0.4, -0.2) is 14.3 Å². The number of benzene rings is 2. The molecule has 0 aliphatic rings. The topological polar surface area (TPSA) is 89.3 Å². The van der Waals surface area contributed by atoms with Crippen LogP contribution in [0.4, 0.5) is 5.69 Å². The van der Waals surface area contributed by atoms with Gasteiger partial charge in [0, 0.05) is 11.3 Å². The van der Waals surface area contributed by atoms with E-state index in [-0.39, 0.29) is 10.8 Å². The number of carbonyl (C=O) groups is 1. The van der Waals surface area contributed by atoms with Crippen LogP contribution < -0.4 is 10.5 Å². The Labute approximate surface area is 130 Å². The molecule has 0 radical (unpaired) electrons. The molecule has 5 nitrogen and oxygen atoms in total. The lowest BCUT2D eigenvalue weighted by molar-refractivity contribution is -0.112. The van der Waals surface area contributed by atoms with Crippen molar-refractivity contribution in [1.29, 1.82) is 0 Å². The fourth-order valence-corrected chi connectivity index (χ4v) is 1.91. The summed E-state index contributed by atoms with van der Waals surface area (Å²) in [5, 5.41) is 7.53. The van der Waals surface area contributed by atoms with Crippen LogP contribution in [-0.2, 0) is 14.8 Å². The molecule has 22 heavy (non-hydrogen) atoms. The smallest absolute Gasteiger partial charge is 0.250 e. The number of carbonyl (C=O) groups excluding carboxylic acids is 1. The highest BCUT2D eigenvalue weighted by atomic mass is 32.2. The summed E-state index contributed by atoms with van der Waals surface area (Å²) in [4.78, 5) is 11.2. The van der Waals surface area contributed by atoms with E-state index in [9.17, 15) is 13.2 Å². The molecule has 116 valence electrons. The van der Waals surface area contributed by atoms with E-state index >= 15 is 0 Å². The van der Waals surface area contributed by atoms with Gasteiger partial charge in [-0.3, -0.25) is 4.79 Å². The van der Waals surface area contributed by atoms with Gasteiger partial charge in [0.15, 0.2) is 0 Å². The standard InChI is InChI=1S/C10H11NO.C6H7NO2S/c1-8(2)10(12)11-9-6-4-3-5-7-9;7-10(8,9)6-4-2-1-3-5-6/h3-7H,1H2,2H3,(H,11,12);1-5H,(H2,7,8,9). The summed E-state index contributed by atoms with van der Waals surface area (Å²) in [6, 6.07) is 17.2. The molecular formula is C16H18N2O3S. The van der Waals surface area contributed by atoms with Crippen LogP contribution in [0.5, 0.6) is 0 Å². The van der Waals surface area contributed by atoms with Gasteiger partial charge in [-0.2, -0.15) is 0 Å². The zero-order valence-corrected chi connectivity index (χ0v) is 13.0. The van der Waals surface area contributed by atoms with Crippen LogP contribution >= 0.6 is 0 Å². The number of hydrogen-bond acceptors (Lipinski definition) is 3. The SMILES string of the molecule is C=C(C)C(=O)Nc1ccccc1.NS(=O)(=O)c1ccccc1. The lowest BCUT2D eigenvalue weighted by atomic mass is 10.3. The number of rotatable bonds is 3. The summed E-state index contributed by atoms with van der Waals surface area (Å²) in [6.45, 7) is 5.22. The zero-order chi connectivity index (χ0) is 16.6. The van der Waals surface area contributed by atoms with Gasteiger partial charge < -0.3 is 5.32 Å². The van der Waals surface area contributed by atoms with E-state index in [1.54, 1.807) is 25.1 Å². The Balaban J connectivity index is 0.000000224. The monoisotopic (exact) mass is 318 g/mol. The minimum absolute atomic E-state index is 0.138. The Hall–Kier alpha value is -2.44. The van der Waals surface area contributed by atoms with Crippen molar-refractivity contribution < 1.29 is 13.2 Å². The number of anilines is 1. The minimum atomic E-state index is -3.50. The van der Waals surface area contributed by atoms with Gasteiger partial charge in [-0.1, -0.05) is 43.0 Å². The largest absolute Gasteiger partial charge is 0.322 e. The maximum absolute atomic E-state index is 11.1. The summed E-state index contributed by atoms with van der Waals surface area (Å²) in [5.41, 5.74) is 1.31. The molecule has 0 saturated heterocycles. The van der Waals surface area contributed by atoms with Crippen LogP contribution in [0.25, 0.3) is 0 Å². The Morgan fingerprint density at radius 3 is 1.82 bits per heavy atom. The summed E-state index contributed by atoms with van der Waals surface area (Å²) >= 11 is 0. The van der Waals surface area contributed by atoms with Crippen molar-refractivity contribution in [1.82, 2.24) is 0 Å². The van der Waals surface area contributed by atoms with Crippen LogP contribution in [0.3, 0.4) is 0 Å². The number of amides is 1. The average molecular weight is 318 g/mol. The van der Waals surface area contributed by atoms with Gasteiger partial charge in [0.25, 0.3) is 5.91 Å². The third kappa shape index (κ3) is 6.34. The van der Waals surface area contributed by atoms with E-state index in [2.05, 4.69) is 11.9 Å². The first-order valence-electron chi connectivity index (χ1n) is 6.40. The van der Waals surface area contributed by atoms with Gasteiger partial charge in [-0.05, 0) is 31.2 Å². The molecule has 2 rings (SSSR count). The van der Waals surface area contributed by atoms with Crippen LogP contribution in [0.15, 0.2) is 77.7 Å². The normalized spacial score (nSPS) is 10.1. The third-order valence-corrected chi connectivity index (χ3v) is 3.42. The van der Waals surface area contributed by atoms with Gasteiger partial charge in [-0.15, -0.1) is 0 Å². The fraction of sp³-hybridized carbons (Fsp3) is 0.0625. The highest BCUT2D eigenvalue weighted by Gasteiger charge is 2.03. The Kier molecular flexibility index (Phi) is 6.49. The molecule has 6 heteroatoms. The molecule has 0 bridgehead atoms. The second kappa shape index (κ2) is 8.11. The molecule has 0 heterocycles. The van der Waals surface area contributed by atoms with E-state index < -0.39 is 10.0 Å². The second-order valence-electron chi connectivity index (χ2n) is 4.46. The lowest BCUT2D eigenvalue weighted by Gasteiger charge is -2.02. The number of nitrogens with two attached hydrogens (primary N) is 1. The van der Waals surface area contributed by atoms with E-state index in [1.807, 2.05) is 30.3 Å². The number of primary sulfonamides is 1. The van der Waals surface area contributed by atoms with Gasteiger partial charge >= 0.3 is 0 Å². The summed E-state index contributed by atoms with van der Waals surface area (Å²) in [7, 11) is -3.50.